The van der Waals surface area contributed by atoms with Gasteiger partial charge in [0.05, 0.1) is 25.9 Å². The molecule has 0 heterocycles. The molecule has 0 unspecified atom stereocenters. The van der Waals surface area contributed by atoms with Crippen LogP contribution in [0.3, 0.4) is 0 Å². The monoisotopic (exact) mass is 291 g/mol. The van der Waals surface area contributed by atoms with Gasteiger partial charge in [-0.25, -0.2) is 0 Å². The molecule has 0 atom stereocenters. The zero-order valence-corrected chi connectivity index (χ0v) is 13.1. The van der Waals surface area contributed by atoms with Crippen molar-refractivity contribution in [2.75, 3.05) is 19.8 Å². The lowest BCUT2D eigenvalue weighted by Crippen LogP contribution is -2.27. The van der Waals surface area contributed by atoms with Gasteiger partial charge < -0.3 is 14.8 Å². The molecular formula is C17H25NO3. The highest BCUT2D eigenvalue weighted by molar-refractivity contribution is 5.94. The van der Waals surface area contributed by atoms with Gasteiger partial charge in [0.15, 0.2) is 0 Å². The summed E-state index contributed by atoms with van der Waals surface area (Å²) in [5, 5.41) is 2.82. The largest absolute Gasteiger partial charge is 0.375 e. The molecule has 0 aromatic heterocycles. The fourth-order valence-corrected chi connectivity index (χ4v) is 1.60. The van der Waals surface area contributed by atoms with E-state index in [4.69, 9.17) is 9.47 Å². The minimum Gasteiger partial charge on any atom is -0.375 e. The van der Waals surface area contributed by atoms with Crippen molar-refractivity contribution in [2.24, 2.45) is 0 Å². The lowest BCUT2D eigenvalue weighted by Gasteiger charge is -2.09. The maximum Gasteiger partial charge on any atom is 0.251 e. The van der Waals surface area contributed by atoms with Crippen molar-refractivity contribution >= 4 is 5.91 Å². The molecule has 1 aromatic carbocycles. The summed E-state index contributed by atoms with van der Waals surface area (Å²) in [4.78, 5) is 11.9. The number of hydrogen-bond acceptors (Lipinski definition) is 3. The predicted octanol–water partition coefficient (Wildman–Crippen LogP) is 2.93. The Hall–Kier alpha value is -1.65. The highest BCUT2D eigenvalue weighted by atomic mass is 16.5. The molecule has 116 valence electrons. The zero-order chi connectivity index (χ0) is 15.7. The zero-order valence-electron chi connectivity index (χ0n) is 13.1. The molecule has 0 aliphatic carbocycles. The van der Waals surface area contributed by atoms with Crippen molar-refractivity contribution in [3.63, 3.8) is 0 Å². The van der Waals surface area contributed by atoms with E-state index in [2.05, 4.69) is 11.9 Å². The molecule has 0 saturated carbocycles. The second kappa shape index (κ2) is 9.32. The van der Waals surface area contributed by atoms with Crippen molar-refractivity contribution in [1.82, 2.24) is 5.32 Å². The highest BCUT2D eigenvalue weighted by Gasteiger charge is 2.05. The van der Waals surface area contributed by atoms with Crippen LogP contribution in [0.1, 0.15) is 36.7 Å². The molecule has 1 N–H and O–H groups in total. The third-order valence-electron chi connectivity index (χ3n) is 2.68. The molecule has 1 aromatic rings. The van der Waals surface area contributed by atoms with Gasteiger partial charge in [0.1, 0.15) is 0 Å². The van der Waals surface area contributed by atoms with Gasteiger partial charge in [-0.15, -0.1) is 0 Å². The molecule has 1 rings (SSSR count). The normalized spacial score (nSPS) is 10.7. The van der Waals surface area contributed by atoms with Gasteiger partial charge >= 0.3 is 0 Å². The Morgan fingerprint density at radius 2 is 1.95 bits per heavy atom. The van der Waals surface area contributed by atoms with Crippen molar-refractivity contribution in [1.29, 1.82) is 0 Å². The first-order valence-electron chi connectivity index (χ1n) is 7.20. The third-order valence-corrected chi connectivity index (χ3v) is 2.68. The Balaban J connectivity index is 2.32. The minimum absolute atomic E-state index is 0.0924. The van der Waals surface area contributed by atoms with Gasteiger partial charge in [-0.2, -0.15) is 0 Å². The fraction of sp³-hybridized carbons (Fsp3) is 0.471. The first-order valence-corrected chi connectivity index (χ1v) is 7.20. The van der Waals surface area contributed by atoms with E-state index < -0.39 is 0 Å². The Kier molecular flexibility index (Phi) is 7.72. The molecule has 0 radical (unpaired) electrons. The maximum atomic E-state index is 11.9. The lowest BCUT2D eigenvalue weighted by atomic mass is 10.1. The van der Waals surface area contributed by atoms with Crippen LogP contribution in [-0.4, -0.2) is 31.8 Å². The van der Waals surface area contributed by atoms with Crippen LogP contribution in [-0.2, 0) is 16.1 Å². The standard InChI is InChI=1S/C17H25NO3/c1-13(2)11-20-10-9-18-17(19)16-7-5-15(6-8-16)12-21-14(3)4/h5-8,14H,1,9-12H2,2-4H3,(H,18,19). The molecule has 1 amide bonds. The number of carbonyl (C=O) groups excluding carboxylic acids is 1. The van der Waals surface area contributed by atoms with Crippen LogP contribution >= 0.6 is 0 Å². The first kappa shape index (κ1) is 17.4. The fourth-order valence-electron chi connectivity index (χ4n) is 1.60. The van der Waals surface area contributed by atoms with Crippen molar-refractivity contribution in [3.05, 3.63) is 47.5 Å². The summed E-state index contributed by atoms with van der Waals surface area (Å²) < 4.78 is 10.8. The number of benzene rings is 1. The van der Waals surface area contributed by atoms with Gasteiger partial charge in [0.25, 0.3) is 5.91 Å². The van der Waals surface area contributed by atoms with E-state index >= 15 is 0 Å². The molecule has 4 heteroatoms. The Morgan fingerprint density at radius 3 is 2.52 bits per heavy atom. The molecule has 4 nitrogen and oxygen atoms in total. The molecular weight excluding hydrogens is 266 g/mol. The smallest absolute Gasteiger partial charge is 0.251 e. The van der Waals surface area contributed by atoms with E-state index in [1.54, 1.807) is 0 Å². The summed E-state index contributed by atoms with van der Waals surface area (Å²) in [7, 11) is 0. The van der Waals surface area contributed by atoms with Gasteiger partial charge in [0.2, 0.25) is 0 Å². The SMILES string of the molecule is C=C(C)COCCNC(=O)c1ccc(COC(C)C)cc1. The molecule has 0 spiro atoms. The summed E-state index contributed by atoms with van der Waals surface area (Å²) in [5.74, 6) is -0.0924. The molecule has 21 heavy (non-hydrogen) atoms. The molecule has 0 fully saturated rings. The number of carbonyl (C=O) groups is 1. The van der Waals surface area contributed by atoms with E-state index in [9.17, 15) is 4.79 Å². The van der Waals surface area contributed by atoms with Crippen molar-refractivity contribution in [3.8, 4) is 0 Å². The van der Waals surface area contributed by atoms with E-state index in [1.165, 1.54) is 0 Å². The van der Waals surface area contributed by atoms with Gasteiger partial charge in [-0.3, -0.25) is 4.79 Å². The average molecular weight is 291 g/mol. The quantitative estimate of drug-likeness (QED) is 0.562. The Labute approximate surface area is 127 Å². The average Bonchev–Trinajstić information content (AvgIpc) is 2.44. The van der Waals surface area contributed by atoms with Crippen LogP contribution < -0.4 is 5.32 Å². The molecule has 0 bridgehead atoms. The topological polar surface area (TPSA) is 47.6 Å². The van der Waals surface area contributed by atoms with Crippen molar-refractivity contribution in [2.45, 2.75) is 33.5 Å². The lowest BCUT2D eigenvalue weighted by molar-refractivity contribution is 0.0656. The Morgan fingerprint density at radius 1 is 1.29 bits per heavy atom. The van der Waals surface area contributed by atoms with Crippen molar-refractivity contribution < 1.29 is 14.3 Å². The molecule has 0 aliphatic rings. The van der Waals surface area contributed by atoms with Crippen LogP contribution in [0.2, 0.25) is 0 Å². The number of hydrogen-bond donors (Lipinski definition) is 1. The minimum atomic E-state index is -0.0924. The molecule has 0 saturated heterocycles. The summed E-state index contributed by atoms with van der Waals surface area (Å²) in [5.41, 5.74) is 2.67. The van der Waals surface area contributed by atoms with E-state index in [1.807, 2.05) is 45.0 Å². The number of nitrogens with one attached hydrogen (secondary N) is 1. The van der Waals surface area contributed by atoms with Crippen LogP contribution in [0.4, 0.5) is 0 Å². The van der Waals surface area contributed by atoms with Crippen LogP contribution in [0.15, 0.2) is 36.4 Å². The van der Waals surface area contributed by atoms with Crippen LogP contribution in [0, 0.1) is 0 Å². The van der Waals surface area contributed by atoms with E-state index in [0.29, 0.717) is 31.9 Å². The second-order valence-electron chi connectivity index (χ2n) is 5.32. The second-order valence-corrected chi connectivity index (χ2v) is 5.32. The van der Waals surface area contributed by atoms with E-state index in [0.717, 1.165) is 11.1 Å². The number of ether oxygens (including phenoxy) is 2. The summed E-state index contributed by atoms with van der Waals surface area (Å²) in [6.45, 7) is 11.7. The number of rotatable bonds is 9. The van der Waals surface area contributed by atoms with Crippen LogP contribution in [0.5, 0.6) is 0 Å². The predicted molar refractivity (Wildman–Crippen MR) is 84.3 cm³/mol. The Bertz CT molecular complexity index is 452. The summed E-state index contributed by atoms with van der Waals surface area (Å²) in [6, 6.07) is 7.44. The van der Waals surface area contributed by atoms with E-state index in [-0.39, 0.29) is 12.0 Å². The molecule has 0 aliphatic heterocycles. The number of amides is 1. The van der Waals surface area contributed by atoms with Crippen LogP contribution in [0.25, 0.3) is 0 Å². The van der Waals surface area contributed by atoms with Gasteiger partial charge in [-0.05, 0) is 38.5 Å². The van der Waals surface area contributed by atoms with Gasteiger partial charge in [0, 0.05) is 12.1 Å². The summed E-state index contributed by atoms with van der Waals surface area (Å²) >= 11 is 0. The van der Waals surface area contributed by atoms with Gasteiger partial charge in [-0.1, -0.05) is 24.3 Å². The third kappa shape index (κ3) is 7.63. The highest BCUT2D eigenvalue weighted by Crippen LogP contribution is 2.07. The maximum absolute atomic E-state index is 11.9. The first-order chi connectivity index (χ1) is 9.99. The summed E-state index contributed by atoms with van der Waals surface area (Å²) in [6.07, 6.45) is 0.201.